The highest BCUT2D eigenvalue weighted by molar-refractivity contribution is 5.93. The third-order valence-electron chi connectivity index (χ3n) is 5.01. The summed E-state index contributed by atoms with van der Waals surface area (Å²) in [6.07, 6.45) is 2.36. The summed E-state index contributed by atoms with van der Waals surface area (Å²) >= 11 is 0. The van der Waals surface area contributed by atoms with Crippen LogP contribution in [-0.2, 0) is 0 Å². The molecule has 0 bridgehead atoms. The van der Waals surface area contributed by atoms with Gasteiger partial charge in [0, 0.05) is 37.8 Å². The van der Waals surface area contributed by atoms with Gasteiger partial charge in [-0.2, -0.15) is 10.4 Å². The van der Waals surface area contributed by atoms with E-state index in [1.165, 1.54) is 11.1 Å². The second kappa shape index (κ2) is 7.63. The van der Waals surface area contributed by atoms with Crippen LogP contribution in [0, 0.1) is 18.3 Å². The molecule has 1 aliphatic heterocycles. The van der Waals surface area contributed by atoms with Crippen LogP contribution in [0.25, 0.3) is 17.1 Å². The van der Waals surface area contributed by atoms with E-state index >= 15 is 0 Å². The molecule has 3 aromatic heterocycles. The molecule has 4 heterocycles. The number of nitriles is 1. The third-order valence-corrected chi connectivity index (χ3v) is 5.01. The van der Waals surface area contributed by atoms with E-state index in [4.69, 9.17) is 5.26 Å². The largest absolute Gasteiger partial charge is 0.337 e. The van der Waals surface area contributed by atoms with Gasteiger partial charge in [-0.3, -0.25) is 14.8 Å². The summed E-state index contributed by atoms with van der Waals surface area (Å²) in [7, 11) is 0. The van der Waals surface area contributed by atoms with Crippen molar-refractivity contribution < 1.29 is 13.6 Å². The Hall–Kier alpha value is -3.67. The lowest BCUT2D eigenvalue weighted by Crippen LogP contribution is -2.42. The van der Waals surface area contributed by atoms with Crippen LogP contribution in [0.4, 0.5) is 8.78 Å². The van der Waals surface area contributed by atoms with Gasteiger partial charge in [0.15, 0.2) is 5.69 Å². The van der Waals surface area contributed by atoms with Gasteiger partial charge in [-0.05, 0) is 37.3 Å². The lowest BCUT2D eigenvalue weighted by molar-refractivity contribution is -0.0495. The summed E-state index contributed by atoms with van der Waals surface area (Å²) in [5.74, 6) is -3.14. The second-order valence-corrected chi connectivity index (χ2v) is 7.18. The number of piperidine rings is 1. The number of pyridine rings is 2. The van der Waals surface area contributed by atoms with Gasteiger partial charge in [-0.1, -0.05) is 0 Å². The van der Waals surface area contributed by atoms with E-state index in [1.807, 2.05) is 25.1 Å². The molecule has 0 aliphatic carbocycles. The number of carbonyl (C=O) groups is 1. The first-order valence-electron chi connectivity index (χ1n) is 9.43. The molecule has 30 heavy (non-hydrogen) atoms. The molecule has 1 amide bonds. The van der Waals surface area contributed by atoms with Gasteiger partial charge >= 0.3 is 0 Å². The topological polar surface area (TPSA) is 87.7 Å². The first-order valence-corrected chi connectivity index (χ1v) is 9.43. The van der Waals surface area contributed by atoms with Crippen molar-refractivity contribution in [3.05, 3.63) is 59.7 Å². The summed E-state index contributed by atoms with van der Waals surface area (Å²) in [5, 5.41) is 13.4. The van der Waals surface area contributed by atoms with Crippen LogP contribution < -0.4 is 0 Å². The molecule has 0 saturated carbocycles. The molecule has 0 unspecified atom stereocenters. The molecule has 1 aliphatic rings. The van der Waals surface area contributed by atoms with E-state index in [-0.39, 0.29) is 31.6 Å². The maximum atomic E-state index is 13.5. The van der Waals surface area contributed by atoms with Crippen LogP contribution in [0.5, 0.6) is 0 Å². The Kier molecular flexibility index (Phi) is 4.99. The van der Waals surface area contributed by atoms with Gasteiger partial charge in [-0.15, -0.1) is 0 Å². The highest BCUT2D eigenvalue weighted by Gasteiger charge is 2.36. The number of halogens is 2. The van der Waals surface area contributed by atoms with Crippen molar-refractivity contribution in [2.24, 2.45) is 0 Å². The van der Waals surface area contributed by atoms with Crippen LogP contribution in [-0.4, -0.2) is 49.6 Å². The van der Waals surface area contributed by atoms with Crippen molar-refractivity contribution in [2.75, 3.05) is 13.1 Å². The van der Waals surface area contributed by atoms with Gasteiger partial charge in [0.25, 0.3) is 11.8 Å². The number of alkyl halides is 2. The predicted octanol–water partition coefficient (Wildman–Crippen LogP) is 3.38. The van der Waals surface area contributed by atoms with Crippen molar-refractivity contribution in [3.8, 4) is 23.1 Å². The average molecular weight is 408 g/mol. The third kappa shape index (κ3) is 3.89. The van der Waals surface area contributed by atoms with Crippen molar-refractivity contribution in [1.82, 2.24) is 24.6 Å². The number of amides is 1. The van der Waals surface area contributed by atoms with E-state index in [0.717, 1.165) is 5.69 Å². The molecule has 3 aromatic rings. The smallest absolute Gasteiger partial charge is 0.274 e. The van der Waals surface area contributed by atoms with Crippen LogP contribution in [0.2, 0.25) is 0 Å². The molecule has 1 fully saturated rings. The van der Waals surface area contributed by atoms with Gasteiger partial charge in [0.1, 0.15) is 6.07 Å². The van der Waals surface area contributed by atoms with Crippen molar-refractivity contribution in [3.63, 3.8) is 0 Å². The standard InChI is InChI=1S/C21H18F2N6O/c1-14-2-4-16(13-25-14)29-19(17-5-3-15(11-24)12-26-17)10-18(27-29)20(30)28-8-6-21(22,23)7-9-28/h2-5,10,12-13H,6-9H2,1H3. The molecule has 9 heteroatoms. The first-order chi connectivity index (χ1) is 14.4. The molecule has 0 N–H and O–H groups in total. The Labute approximate surface area is 171 Å². The zero-order valence-electron chi connectivity index (χ0n) is 16.2. The Morgan fingerprint density at radius 3 is 2.50 bits per heavy atom. The number of likely N-dealkylation sites (tertiary alicyclic amines) is 1. The lowest BCUT2D eigenvalue weighted by Gasteiger charge is -2.31. The fourth-order valence-corrected chi connectivity index (χ4v) is 3.26. The van der Waals surface area contributed by atoms with Crippen LogP contribution in [0.1, 0.15) is 34.6 Å². The minimum absolute atomic E-state index is 0.0186. The maximum absolute atomic E-state index is 13.5. The molecule has 0 atom stereocenters. The molecule has 4 rings (SSSR count). The van der Waals surface area contributed by atoms with Crippen molar-refractivity contribution in [1.29, 1.82) is 5.26 Å². The molecule has 0 spiro atoms. The average Bonchev–Trinajstić information content (AvgIpc) is 3.19. The molecular formula is C21H18F2N6O. The first kappa shape index (κ1) is 19.6. The van der Waals surface area contributed by atoms with Gasteiger partial charge in [-0.25, -0.2) is 13.5 Å². The van der Waals surface area contributed by atoms with Crippen LogP contribution in [0.3, 0.4) is 0 Å². The number of hydrogen-bond acceptors (Lipinski definition) is 5. The van der Waals surface area contributed by atoms with E-state index in [2.05, 4.69) is 15.1 Å². The van der Waals surface area contributed by atoms with Crippen molar-refractivity contribution >= 4 is 5.91 Å². The van der Waals surface area contributed by atoms with E-state index in [1.54, 1.807) is 29.1 Å². The van der Waals surface area contributed by atoms with Gasteiger partial charge in [0.05, 0.1) is 28.8 Å². The van der Waals surface area contributed by atoms with Crippen LogP contribution >= 0.6 is 0 Å². The lowest BCUT2D eigenvalue weighted by atomic mass is 10.1. The maximum Gasteiger partial charge on any atom is 0.274 e. The zero-order chi connectivity index (χ0) is 21.3. The number of rotatable bonds is 3. The number of aromatic nitrogens is 4. The SMILES string of the molecule is Cc1ccc(-n2nc(C(=O)N3CCC(F)(F)CC3)cc2-c2ccc(C#N)cn2)cn1. The highest BCUT2D eigenvalue weighted by Crippen LogP contribution is 2.29. The molecule has 0 radical (unpaired) electrons. The highest BCUT2D eigenvalue weighted by atomic mass is 19.3. The number of aryl methyl sites for hydroxylation is 1. The quantitative estimate of drug-likeness (QED) is 0.663. The van der Waals surface area contributed by atoms with Crippen molar-refractivity contribution in [2.45, 2.75) is 25.7 Å². The van der Waals surface area contributed by atoms with E-state index < -0.39 is 11.8 Å². The Morgan fingerprint density at radius 1 is 1.13 bits per heavy atom. The summed E-state index contributed by atoms with van der Waals surface area (Å²) in [6.45, 7) is 1.82. The summed E-state index contributed by atoms with van der Waals surface area (Å²) in [6, 6.07) is 10.5. The molecule has 152 valence electrons. The van der Waals surface area contributed by atoms with E-state index in [9.17, 15) is 13.6 Å². The minimum Gasteiger partial charge on any atom is -0.337 e. The number of hydrogen-bond donors (Lipinski definition) is 0. The van der Waals surface area contributed by atoms with Gasteiger partial charge < -0.3 is 4.90 Å². The Morgan fingerprint density at radius 2 is 1.90 bits per heavy atom. The normalized spacial score (nSPS) is 15.6. The number of nitrogens with zero attached hydrogens (tertiary/aromatic N) is 6. The fraction of sp³-hybridized carbons (Fsp3) is 0.286. The molecule has 1 saturated heterocycles. The predicted molar refractivity (Wildman–Crippen MR) is 104 cm³/mol. The second-order valence-electron chi connectivity index (χ2n) is 7.18. The number of carbonyl (C=O) groups excluding carboxylic acids is 1. The Bertz CT molecular complexity index is 1110. The molecular weight excluding hydrogens is 390 g/mol. The zero-order valence-corrected chi connectivity index (χ0v) is 16.2. The summed E-state index contributed by atoms with van der Waals surface area (Å²) < 4.78 is 28.5. The molecule has 7 nitrogen and oxygen atoms in total. The van der Waals surface area contributed by atoms with Gasteiger partial charge in [0.2, 0.25) is 0 Å². The molecule has 0 aromatic carbocycles. The van der Waals surface area contributed by atoms with E-state index in [0.29, 0.717) is 22.6 Å². The Balaban J connectivity index is 1.73. The summed E-state index contributed by atoms with van der Waals surface area (Å²) in [5.41, 5.74) is 3.07. The van der Waals surface area contributed by atoms with Crippen LogP contribution in [0.15, 0.2) is 42.7 Å². The summed E-state index contributed by atoms with van der Waals surface area (Å²) in [4.78, 5) is 22.9. The monoisotopic (exact) mass is 408 g/mol. The fourth-order valence-electron chi connectivity index (χ4n) is 3.26. The minimum atomic E-state index is -2.73.